The molecular weight excluding hydrogens is 356 g/mol. The van der Waals surface area contributed by atoms with Crippen molar-refractivity contribution in [2.45, 2.75) is 13.0 Å². The smallest absolute Gasteiger partial charge is 0.239 e. The number of nitrogens with one attached hydrogen (secondary N) is 1. The highest BCUT2D eigenvalue weighted by Gasteiger charge is 2.37. The first kappa shape index (κ1) is 18.1. The first-order chi connectivity index (χ1) is 12.5. The fourth-order valence-corrected chi connectivity index (χ4v) is 3.07. The Bertz CT molecular complexity index is 823. The van der Waals surface area contributed by atoms with Crippen molar-refractivity contribution in [1.29, 1.82) is 0 Å². The summed E-state index contributed by atoms with van der Waals surface area (Å²) in [5, 5.41) is 13.0. The Morgan fingerprint density at radius 2 is 2.04 bits per heavy atom. The van der Waals surface area contributed by atoms with Crippen LogP contribution >= 0.6 is 11.6 Å². The predicted octanol–water partition coefficient (Wildman–Crippen LogP) is 2.72. The number of phenolic OH excluding ortho intramolecular Hbond substituents is 1. The molecule has 1 atom stereocenters. The van der Waals surface area contributed by atoms with Crippen LogP contribution in [0.25, 0.3) is 0 Å². The Hall–Kier alpha value is -2.73. The number of aromatic hydroxyl groups is 1. The zero-order valence-corrected chi connectivity index (χ0v) is 15.0. The largest absolute Gasteiger partial charge is 0.504 e. The number of ether oxygens (including phenoxy) is 1. The van der Waals surface area contributed by atoms with Crippen LogP contribution in [0.1, 0.15) is 12.0 Å². The first-order valence-corrected chi connectivity index (χ1v) is 8.58. The van der Waals surface area contributed by atoms with Gasteiger partial charge in [0, 0.05) is 23.8 Å². The minimum atomic E-state index is -0.704. The predicted molar refractivity (Wildman–Crippen MR) is 98.4 cm³/mol. The van der Waals surface area contributed by atoms with Crippen molar-refractivity contribution in [2.24, 2.45) is 5.92 Å². The lowest BCUT2D eigenvalue weighted by atomic mass is 10.1. The molecule has 0 spiro atoms. The molecule has 2 aromatic carbocycles. The third kappa shape index (κ3) is 3.75. The summed E-state index contributed by atoms with van der Waals surface area (Å²) >= 11 is 5.87. The lowest BCUT2D eigenvalue weighted by molar-refractivity contribution is -0.132. The van der Waals surface area contributed by atoms with Crippen LogP contribution in [0.15, 0.2) is 42.5 Å². The number of benzene rings is 2. The van der Waals surface area contributed by atoms with E-state index in [0.29, 0.717) is 23.7 Å². The second-order valence-electron chi connectivity index (χ2n) is 6.03. The second kappa shape index (κ2) is 7.66. The molecule has 0 bridgehead atoms. The van der Waals surface area contributed by atoms with Crippen molar-refractivity contribution in [2.75, 3.05) is 18.6 Å². The summed E-state index contributed by atoms with van der Waals surface area (Å²) in [5.41, 5.74) is 1.51. The number of carbonyl (C=O) groups excluding carboxylic acids is 2. The van der Waals surface area contributed by atoms with E-state index in [9.17, 15) is 14.7 Å². The number of nitrogens with zero attached hydrogens (tertiary/aromatic N) is 1. The fraction of sp³-hybridized carbons (Fsp3) is 0.263. The lowest BCUT2D eigenvalue weighted by Crippen LogP contribution is -2.36. The summed E-state index contributed by atoms with van der Waals surface area (Å²) in [6, 6.07) is 11.8. The van der Waals surface area contributed by atoms with Gasteiger partial charge in [0.2, 0.25) is 11.8 Å². The number of phenols is 1. The number of methoxy groups -OCH3 is 1. The molecule has 26 heavy (non-hydrogen) atoms. The van der Waals surface area contributed by atoms with Gasteiger partial charge in [0.25, 0.3) is 0 Å². The number of anilines is 1. The van der Waals surface area contributed by atoms with Crippen molar-refractivity contribution in [3.8, 4) is 11.5 Å². The molecule has 0 unspecified atom stereocenters. The van der Waals surface area contributed by atoms with Crippen LogP contribution in [-0.4, -0.2) is 30.6 Å². The van der Waals surface area contributed by atoms with Gasteiger partial charge in [-0.15, -0.1) is 0 Å². The molecule has 1 heterocycles. The van der Waals surface area contributed by atoms with Crippen molar-refractivity contribution in [3.63, 3.8) is 0 Å². The Balaban J connectivity index is 1.62. The maximum atomic E-state index is 12.6. The van der Waals surface area contributed by atoms with Crippen LogP contribution in [0.2, 0.25) is 5.02 Å². The zero-order chi connectivity index (χ0) is 18.7. The van der Waals surface area contributed by atoms with Gasteiger partial charge >= 0.3 is 0 Å². The van der Waals surface area contributed by atoms with Gasteiger partial charge in [-0.1, -0.05) is 17.7 Å². The van der Waals surface area contributed by atoms with E-state index in [-0.39, 0.29) is 24.1 Å². The van der Waals surface area contributed by atoms with Crippen LogP contribution in [0.5, 0.6) is 11.5 Å². The van der Waals surface area contributed by atoms with E-state index in [1.54, 1.807) is 41.3 Å². The molecule has 1 fully saturated rings. The highest BCUT2D eigenvalue weighted by atomic mass is 35.5. The number of hydrogen-bond donors (Lipinski definition) is 2. The molecule has 136 valence electrons. The maximum absolute atomic E-state index is 12.6. The third-order valence-corrected chi connectivity index (χ3v) is 4.62. The summed E-state index contributed by atoms with van der Waals surface area (Å²) in [7, 11) is 1.46. The average Bonchev–Trinajstić information content (AvgIpc) is 3.03. The van der Waals surface area contributed by atoms with E-state index < -0.39 is 5.92 Å². The molecule has 0 aliphatic carbocycles. The molecule has 2 amide bonds. The standard InChI is InChI=1S/C19H19ClN2O4/c1-26-17-10-12(2-7-16(17)23)11-21-18(24)15-8-9-22(19(15)25)14-5-3-13(20)4-6-14/h2-7,10,15,23H,8-9,11H2,1H3,(H,21,24)/t15-/m1/s1. The van der Waals surface area contributed by atoms with E-state index in [4.69, 9.17) is 16.3 Å². The van der Waals surface area contributed by atoms with Crippen molar-refractivity contribution in [1.82, 2.24) is 5.32 Å². The van der Waals surface area contributed by atoms with E-state index >= 15 is 0 Å². The number of rotatable bonds is 5. The molecular formula is C19H19ClN2O4. The SMILES string of the molecule is COc1cc(CNC(=O)[C@H]2CCN(c3ccc(Cl)cc3)C2=O)ccc1O. The summed E-state index contributed by atoms with van der Waals surface area (Å²) in [5.74, 6) is -0.855. The van der Waals surface area contributed by atoms with Gasteiger partial charge < -0.3 is 20.1 Å². The number of carbonyl (C=O) groups is 2. The highest BCUT2D eigenvalue weighted by Crippen LogP contribution is 2.28. The normalized spacial score (nSPS) is 16.6. The molecule has 0 aromatic heterocycles. The maximum Gasteiger partial charge on any atom is 0.239 e. The Morgan fingerprint density at radius 3 is 2.73 bits per heavy atom. The van der Waals surface area contributed by atoms with Crippen LogP contribution in [0, 0.1) is 5.92 Å². The van der Waals surface area contributed by atoms with Gasteiger partial charge in [-0.05, 0) is 48.4 Å². The molecule has 2 N–H and O–H groups in total. The monoisotopic (exact) mass is 374 g/mol. The minimum Gasteiger partial charge on any atom is -0.504 e. The summed E-state index contributed by atoms with van der Waals surface area (Å²) in [6.07, 6.45) is 0.464. The first-order valence-electron chi connectivity index (χ1n) is 8.20. The van der Waals surface area contributed by atoms with E-state index in [1.807, 2.05) is 0 Å². The highest BCUT2D eigenvalue weighted by molar-refractivity contribution is 6.30. The Labute approximate surface area is 156 Å². The van der Waals surface area contributed by atoms with Crippen LogP contribution in [0.4, 0.5) is 5.69 Å². The molecule has 7 heteroatoms. The van der Waals surface area contributed by atoms with E-state index in [2.05, 4.69) is 5.32 Å². The van der Waals surface area contributed by atoms with Crippen LogP contribution in [0.3, 0.4) is 0 Å². The average molecular weight is 375 g/mol. The van der Waals surface area contributed by atoms with Gasteiger partial charge in [0.05, 0.1) is 7.11 Å². The second-order valence-corrected chi connectivity index (χ2v) is 6.47. The van der Waals surface area contributed by atoms with Crippen molar-refractivity contribution in [3.05, 3.63) is 53.1 Å². The number of halogens is 1. The molecule has 1 saturated heterocycles. The van der Waals surface area contributed by atoms with Crippen molar-refractivity contribution >= 4 is 29.1 Å². The fourth-order valence-electron chi connectivity index (χ4n) is 2.94. The summed E-state index contributed by atoms with van der Waals surface area (Å²) < 4.78 is 5.05. The van der Waals surface area contributed by atoms with Crippen LogP contribution in [-0.2, 0) is 16.1 Å². The van der Waals surface area contributed by atoms with Crippen LogP contribution < -0.4 is 15.0 Å². The molecule has 6 nitrogen and oxygen atoms in total. The van der Waals surface area contributed by atoms with E-state index in [1.165, 1.54) is 13.2 Å². The van der Waals surface area contributed by atoms with Crippen molar-refractivity contribution < 1.29 is 19.4 Å². The Morgan fingerprint density at radius 1 is 1.31 bits per heavy atom. The van der Waals surface area contributed by atoms with Gasteiger partial charge in [0.15, 0.2) is 11.5 Å². The van der Waals surface area contributed by atoms with Gasteiger partial charge in [-0.25, -0.2) is 0 Å². The molecule has 1 aliphatic rings. The lowest BCUT2D eigenvalue weighted by Gasteiger charge is -2.17. The topological polar surface area (TPSA) is 78.9 Å². The van der Waals surface area contributed by atoms with Gasteiger partial charge in [-0.2, -0.15) is 0 Å². The van der Waals surface area contributed by atoms with Gasteiger partial charge in [-0.3, -0.25) is 9.59 Å². The molecule has 2 aromatic rings. The molecule has 0 radical (unpaired) electrons. The third-order valence-electron chi connectivity index (χ3n) is 4.37. The number of hydrogen-bond acceptors (Lipinski definition) is 4. The number of amides is 2. The molecule has 1 aliphatic heterocycles. The molecule has 3 rings (SSSR count). The quantitative estimate of drug-likeness (QED) is 0.789. The van der Waals surface area contributed by atoms with Gasteiger partial charge in [0.1, 0.15) is 5.92 Å². The molecule has 0 saturated carbocycles. The van der Waals surface area contributed by atoms with E-state index in [0.717, 1.165) is 11.3 Å². The summed E-state index contributed by atoms with van der Waals surface area (Å²) in [4.78, 5) is 26.6. The minimum absolute atomic E-state index is 0.0344. The Kier molecular flexibility index (Phi) is 5.32. The summed E-state index contributed by atoms with van der Waals surface area (Å²) in [6.45, 7) is 0.742. The zero-order valence-electron chi connectivity index (χ0n) is 14.2.